The zero-order chi connectivity index (χ0) is 21.5. The zero-order valence-corrected chi connectivity index (χ0v) is 16.8. The van der Waals surface area contributed by atoms with Crippen LogP contribution in [0.3, 0.4) is 0 Å². The molecule has 1 amide bonds. The number of halogens is 2. The van der Waals surface area contributed by atoms with Crippen molar-refractivity contribution in [2.75, 3.05) is 20.2 Å². The first-order valence-electron chi connectivity index (χ1n) is 9.99. The van der Waals surface area contributed by atoms with Gasteiger partial charge < -0.3 is 14.6 Å². The van der Waals surface area contributed by atoms with Crippen LogP contribution in [-0.4, -0.2) is 55.6 Å². The Hall–Kier alpha value is -3.56. The monoisotopic (exact) mass is 426 g/mol. The van der Waals surface area contributed by atoms with Gasteiger partial charge in [0.1, 0.15) is 23.5 Å². The zero-order valence-electron chi connectivity index (χ0n) is 16.8. The van der Waals surface area contributed by atoms with Gasteiger partial charge in [0.25, 0.3) is 18.1 Å². The molecule has 4 heterocycles. The first kappa shape index (κ1) is 19.4. The average Bonchev–Trinajstić information content (AvgIpc) is 3.44. The van der Waals surface area contributed by atoms with Gasteiger partial charge in [-0.3, -0.25) is 4.79 Å². The quantitative estimate of drug-likeness (QED) is 0.539. The summed E-state index contributed by atoms with van der Waals surface area (Å²) in [5, 5.41) is 4.66. The van der Waals surface area contributed by atoms with E-state index in [1.165, 1.54) is 12.4 Å². The largest absolute Gasteiger partial charge is 0.496 e. The molecule has 1 N–H and O–H groups in total. The number of amides is 1. The molecule has 3 aromatic heterocycles. The van der Waals surface area contributed by atoms with E-state index in [-0.39, 0.29) is 23.3 Å². The third-order valence-corrected chi connectivity index (χ3v) is 5.72. The summed E-state index contributed by atoms with van der Waals surface area (Å²) in [6, 6.07) is 8.75. The van der Waals surface area contributed by atoms with Gasteiger partial charge in [-0.05, 0) is 37.1 Å². The van der Waals surface area contributed by atoms with E-state index in [1.54, 1.807) is 18.1 Å². The lowest BCUT2D eigenvalue weighted by Gasteiger charge is -2.32. The van der Waals surface area contributed by atoms with Crippen LogP contribution >= 0.6 is 0 Å². The van der Waals surface area contributed by atoms with Gasteiger partial charge in [0.15, 0.2) is 0 Å². The first-order valence-corrected chi connectivity index (χ1v) is 9.99. The minimum atomic E-state index is -2.70. The number of piperidine rings is 1. The number of nitrogens with zero attached hydrogens (tertiary/aromatic N) is 5. The van der Waals surface area contributed by atoms with E-state index in [1.807, 2.05) is 18.2 Å². The number of aromatic nitrogens is 5. The normalized spacial score (nSPS) is 17.0. The summed E-state index contributed by atoms with van der Waals surface area (Å²) in [6.07, 6.45) is 0.0146. The van der Waals surface area contributed by atoms with Crippen molar-refractivity contribution >= 4 is 22.6 Å². The molecule has 10 heteroatoms. The van der Waals surface area contributed by atoms with E-state index in [9.17, 15) is 13.6 Å². The molecule has 0 saturated carbocycles. The second kappa shape index (κ2) is 7.60. The Labute approximate surface area is 175 Å². The van der Waals surface area contributed by atoms with Crippen molar-refractivity contribution in [3.8, 4) is 5.75 Å². The minimum absolute atomic E-state index is 0.138. The number of nitrogens with one attached hydrogen (secondary N) is 1. The maximum Gasteiger partial charge on any atom is 0.280 e. The molecule has 0 spiro atoms. The fourth-order valence-electron chi connectivity index (χ4n) is 4.21. The Morgan fingerprint density at radius 2 is 2.19 bits per heavy atom. The summed E-state index contributed by atoms with van der Waals surface area (Å²) >= 11 is 0. The van der Waals surface area contributed by atoms with Gasteiger partial charge in [-0.2, -0.15) is 14.6 Å². The van der Waals surface area contributed by atoms with E-state index in [0.29, 0.717) is 30.2 Å². The first-order chi connectivity index (χ1) is 15.0. The lowest BCUT2D eigenvalue weighted by molar-refractivity contribution is 0.0700. The maximum atomic E-state index is 13.5. The number of H-pyrrole nitrogens is 1. The summed E-state index contributed by atoms with van der Waals surface area (Å²) in [6.45, 7) is 0.988. The number of ether oxygens (including phenoxy) is 1. The predicted molar refractivity (Wildman–Crippen MR) is 108 cm³/mol. The summed E-state index contributed by atoms with van der Waals surface area (Å²) < 4.78 is 33.5. The Bertz CT molecular complexity index is 1270. The Morgan fingerprint density at radius 3 is 3.00 bits per heavy atom. The Kier molecular flexibility index (Phi) is 4.76. The fraction of sp³-hybridized carbons (Fsp3) is 0.333. The van der Waals surface area contributed by atoms with Crippen LogP contribution < -0.4 is 4.74 Å². The summed E-state index contributed by atoms with van der Waals surface area (Å²) in [5.41, 5.74) is 1.54. The fourth-order valence-corrected chi connectivity index (χ4v) is 4.21. The van der Waals surface area contributed by atoms with E-state index in [2.05, 4.69) is 20.1 Å². The molecule has 8 nitrogen and oxygen atoms in total. The molecule has 4 aromatic rings. The minimum Gasteiger partial charge on any atom is -0.496 e. The molecule has 5 rings (SSSR count). The predicted octanol–water partition coefficient (Wildman–Crippen LogP) is 3.57. The molecule has 0 unspecified atom stereocenters. The molecule has 0 aliphatic carbocycles. The molecular weight excluding hydrogens is 406 g/mol. The summed E-state index contributed by atoms with van der Waals surface area (Å²) in [4.78, 5) is 26.5. The van der Waals surface area contributed by atoms with E-state index in [4.69, 9.17) is 4.74 Å². The second-order valence-corrected chi connectivity index (χ2v) is 7.57. The maximum absolute atomic E-state index is 13.5. The SMILES string of the molecule is COc1cccc2[nH]c(C(=O)N3CCC[C@H](c4cc(C(F)F)n5ncnc5n4)C3)cc12. The van der Waals surface area contributed by atoms with Gasteiger partial charge in [0, 0.05) is 29.9 Å². The number of alkyl halides is 2. The molecule has 0 bridgehead atoms. The van der Waals surface area contributed by atoms with Crippen LogP contribution in [0, 0.1) is 0 Å². The molecule has 1 aromatic carbocycles. The molecule has 1 fully saturated rings. The number of fused-ring (bicyclic) bond motifs is 2. The highest BCUT2D eigenvalue weighted by atomic mass is 19.3. The Morgan fingerprint density at radius 1 is 1.32 bits per heavy atom. The van der Waals surface area contributed by atoms with Crippen LogP contribution in [0.1, 0.15) is 47.1 Å². The van der Waals surface area contributed by atoms with E-state index < -0.39 is 6.43 Å². The number of carbonyl (C=O) groups is 1. The van der Waals surface area contributed by atoms with Crippen LogP contribution in [0.25, 0.3) is 16.7 Å². The number of likely N-dealkylation sites (tertiary alicyclic amines) is 1. The summed E-state index contributed by atoms with van der Waals surface area (Å²) in [5.74, 6) is 0.532. The number of rotatable bonds is 4. The number of aromatic amines is 1. The van der Waals surface area contributed by atoms with Crippen LogP contribution in [0.15, 0.2) is 36.7 Å². The van der Waals surface area contributed by atoms with Crippen molar-refractivity contribution in [1.29, 1.82) is 0 Å². The van der Waals surface area contributed by atoms with E-state index >= 15 is 0 Å². The number of benzene rings is 1. The third-order valence-electron chi connectivity index (χ3n) is 5.72. The van der Waals surface area contributed by atoms with Crippen molar-refractivity contribution in [2.45, 2.75) is 25.2 Å². The van der Waals surface area contributed by atoms with Crippen LogP contribution in [0.4, 0.5) is 8.78 Å². The third kappa shape index (κ3) is 3.37. The molecule has 1 aliphatic rings. The molecule has 0 radical (unpaired) electrons. The van der Waals surface area contributed by atoms with Crippen molar-refractivity contribution in [1.82, 2.24) is 29.5 Å². The van der Waals surface area contributed by atoms with Gasteiger partial charge in [-0.1, -0.05) is 6.07 Å². The number of hydrogen-bond acceptors (Lipinski definition) is 5. The standard InChI is InChI=1S/C21H20F2N6O2/c1-31-18-6-2-5-14-13(18)8-16(26-14)20(30)28-7-3-4-12(10-28)15-9-17(19(22)23)29-21(27-15)24-11-25-29/h2,5-6,8-9,11-12,19,26H,3-4,7,10H2,1H3/t12-/m0/s1. The van der Waals surface area contributed by atoms with E-state index in [0.717, 1.165) is 28.3 Å². The summed E-state index contributed by atoms with van der Waals surface area (Å²) in [7, 11) is 1.59. The highest BCUT2D eigenvalue weighted by Crippen LogP contribution is 2.31. The number of hydrogen-bond donors (Lipinski definition) is 1. The van der Waals surface area contributed by atoms with Gasteiger partial charge in [0.05, 0.1) is 12.8 Å². The van der Waals surface area contributed by atoms with Crippen molar-refractivity contribution in [2.24, 2.45) is 0 Å². The van der Waals surface area contributed by atoms with Crippen molar-refractivity contribution in [3.63, 3.8) is 0 Å². The second-order valence-electron chi connectivity index (χ2n) is 7.57. The van der Waals surface area contributed by atoms with Gasteiger partial charge >= 0.3 is 0 Å². The molecule has 160 valence electrons. The van der Waals surface area contributed by atoms with Crippen molar-refractivity contribution in [3.05, 3.63) is 53.7 Å². The van der Waals surface area contributed by atoms with Gasteiger partial charge in [0.2, 0.25) is 0 Å². The molecular formula is C21H20F2N6O2. The lowest BCUT2D eigenvalue weighted by atomic mass is 9.94. The Balaban J connectivity index is 1.43. The number of carbonyl (C=O) groups excluding carboxylic acids is 1. The number of methoxy groups -OCH3 is 1. The molecule has 1 aliphatic heterocycles. The smallest absolute Gasteiger partial charge is 0.280 e. The molecule has 31 heavy (non-hydrogen) atoms. The van der Waals surface area contributed by atoms with Gasteiger partial charge in [-0.25, -0.2) is 13.8 Å². The van der Waals surface area contributed by atoms with Crippen LogP contribution in [-0.2, 0) is 0 Å². The lowest BCUT2D eigenvalue weighted by Crippen LogP contribution is -2.39. The molecule has 1 saturated heterocycles. The topological polar surface area (TPSA) is 88.4 Å². The van der Waals surface area contributed by atoms with Crippen LogP contribution in [0.5, 0.6) is 5.75 Å². The van der Waals surface area contributed by atoms with Crippen LogP contribution in [0.2, 0.25) is 0 Å². The average molecular weight is 426 g/mol. The van der Waals surface area contributed by atoms with Crippen molar-refractivity contribution < 1.29 is 18.3 Å². The highest BCUT2D eigenvalue weighted by molar-refractivity contribution is 5.99. The van der Waals surface area contributed by atoms with Gasteiger partial charge in [-0.15, -0.1) is 0 Å². The molecule has 1 atom stereocenters. The highest BCUT2D eigenvalue weighted by Gasteiger charge is 2.29.